The predicted octanol–water partition coefficient (Wildman–Crippen LogP) is 2.64. The highest BCUT2D eigenvalue weighted by Gasteiger charge is 2.16. The number of nitrogens with one attached hydrogen (secondary N) is 1. The van der Waals surface area contributed by atoms with E-state index in [1.807, 2.05) is 43.5 Å². The first kappa shape index (κ1) is 15.9. The Morgan fingerprint density at radius 3 is 2.79 bits per heavy atom. The molecule has 0 radical (unpaired) electrons. The molecule has 0 saturated heterocycles. The molecular formula is C19H20N4O. The SMILES string of the molecule is CCN(Cc1ccncc1)C(=O)c1cncc(C2=CNCC=C2)c1. The van der Waals surface area contributed by atoms with Crippen LogP contribution in [-0.4, -0.2) is 33.9 Å². The number of hydrogen-bond donors (Lipinski definition) is 1. The Bertz CT molecular complexity index is 768. The number of dihydropyridines is 1. The molecule has 0 bridgehead atoms. The second-order valence-electron chi connectivity index (χ2n) is 5.55. The van der Waals surface area contributed by atoms with Gasteiger partial charge in [-0.1, -0.05) is 12.2 Å². The van der Waals surface area contributed by atoms with Gasteiger partial charge in [0.05, 0.1) is 5.56 Å². The molecule has 24 heavy (non-hydrogen) atoms. The summed E-state index contributed by atoms with van der Waals surface area (Å²) < 4.78 is 0. The molecule has 3 rings (SSSR count). The van der Waals surface area contributed by atoms with Crippen LogP contribution in [0, 0.1) is 0 Å². The van der Waals surface area contributed by atoms with Gasteiger partial charge in [0.2, 0.25) is 0 Å². The predicted molar refractivity (Wildman–Crippen MR) is 94.0 cm³/mol. The van der Waals surface area contributed by atoms with Crippen LogP contribution in [0.25, 0.3) is 5.57 Å². The van der Waals surface area contributed by atoms with Crippen molar-refractivity contribution in [1.82, 2.24) is 20.2 Å². The highest BCUT2D eigenvalue weighted by atomic mass is 16.2. The summed E-state index contributed by atoms with van der Waals surface area (Å²) in [6.07, 6.45) is 12.9. The van der Waals surface area contributed by atoms with Crippen molar-refractivity contribution in [2.45, 2.75) is 13.5 Å². The summed E-state index contributed by atoms with van der Waals surface area (Å²) in [6.45, 7) is 4.00. The van der Waals surface area contributed by atoms with Crippen LogP contribution in [0.15, 0.2) is 61.3 Å². The Hall–Kier alpha value is -2.95. The maximum Gasteiger partial charge on any atom is 0.255 e. The first-order valence-electron chi connectivity index (χ1n) is 8.01. The van der Waals surface area contributed by atoms with Gasteiger partial charge in [-0.15, -0.1) is 0 Å². The number of carbonyl (C=O) groups is 1. The average Bonchev–Trinajstić information content (AvgIpc) is 2.67. The topological polar surface area (TPSA) is 58.1 Å². The zero-order valence-electron chi connectivity index (χ0n) is 13.6. The molecule has 0 aliphatic carbocycles. The second-order valence-corrected chi connectivity index (χ2v) is 5.55. The van der Waals surface area contributed by atoms with Gasteiger partial charge in [0.25, 0.3) is 5.91 Å². The fourth-order valence-electron chi connectivity index (χ4n) is 2.58. The summed E-state index contributed by atoms with van der Waals surface area (Å²) in [6, 6.07) is 5.75. The van der Waals surface area contributed by atoms with Gasteiger partial charge in [0.15, 0.2) is 0 Å². The first-order valence-corrected chi connectivity index (χ1v) is 8.01. The van der Waals surface area contributed by atoms with Gasteiger partial charge in [0, 0.05) is 56.2 Å². The molecule has 5 heteroatoms. The largest absolute Gasteiger partial charge is 0.387 e. The summed E-state index contributed by atoms with van der Waals surface area (Å²) in [5.74, 6) is -0.0167. The molecule has 1 aliphatic heterocycles. The first-order chi connectivity index (χ1) is 11.8. The smallest absolute Gasteiger partial charge is 0.255 e. The number of aromatic nitrogens is 2. The molecule has 0 spiro atoms. The van der Waals surface area contributed by atoms with Crippen molar-refractivity contribution in [2.75, 3.05) is 13.1 Å². The monoisotopic (exact) mass is 320 g/mol. The highest BCUT2D eigenvalue weighted by molar-refractivity contribution is 5.95. The molecule has 0 aromatic carbocycles. The van der Waals surface area contributed by atoms with E-state index in [1.165, 1.54) is 0 Å². The lowest BCUT2D eigenvalue weighted by atomic mass is 10.0. The van der Waals surface area contributed by atoms with E-state index in [1.54, 1.807) is 29.7 Å². The Morgan fingerprint density at radius 2 is 2.08 bits per heavy atom. The fraction of sp³-hybridized carbons (Fsp3) is 0.211. The number of nitrogens with zero attached hydrogens (tertiary/aromatic N) is 3. The fourth-order valence-corrected chi connectivity index (χ4v) is 2.58. The molecule has 0 fully saturated rings. The maximum atomic E-state index is 12.8. The molecule has 5 nitrogen and oxygen atoms in total. The van der Waals surface area contributed by atoms with Crippen LogP contribution in [0.4, 0.5) is 0 Å². The minimum absolute atomic E-state index is 0.0167. The van der Waals surface area contributed by atoms with Crippen molar-refractivity contribution < 1.29 is 4.79 Å². The number of rotatable bonds is 5. The number of hydrogen-bond acceptors (Lipinski definition) is 4. The standard InChI is InChI=1S/C19H20N4O/c1-2-23(14-15-5-8-20-9-6-15)19(24)18-10-17(12-22-13-18)16-4-3-7-21-11-16/h3-6,8-13,21H,2,7,14H2,1H3. The summed E-state index contributed by atoms with van der Waals surface area (Å²) in [5.41, 5.74) is 3.62. The summed E-state index contributed by atoms with van der Waals surface area (Å²) >= 11 is 0. The van der Waals surface area contributed by atoms with E-state index in [9.17, 15) is 4.79 Å². The Balaban J connectivity index is 1.80. The molecule has 2 aromatic heterocycles. The minimum atomic E-state index is -0.0167. The van der Waals surface area contributed by atoms with Crippen LogP contribution in [0.3, 0.4) is 0 Å². The maximum absolute atomic E-state index is 12.8. The molecular weight excluding hydrogens is 300 g/mol. The molecule has 0 saturated carbocycles. The number of carbonyl (C=O) groups excluding carboxylic acids is 1. The van der Waals surface area contributed by atoms with Crippen molar-refractivity contribution in [1.29, 1.82) is 0 Å². The zero-order valence-corrected chi connectivity index (χ0v) is 13.6. The molecule has 0 unspecified atom stereocenters. The van der Waals surface area contributed by atoms with Crippen molar-refractivity contribution in [3.8, 4) is 0 Å². The third-order valence-electron chi connectivity index (χ3n) is 3.90. The Morgan fingerprint density at radius 1 is 1.25 bits per heavy atom. The molecule has 1 N–H and O–H groups in total. The molecule has 3 heterocycles. The number of amides is 1. The zero-order chi connectivity index (χ0) is 16.8. The third-order valence-corrected chi connectivity index (χ3v) is 3.90. The van der Waals surface area contributed by atoms with Gasteiger partial charge >= 0.3 is 0 Å². The average molecular weight is 320 g/mol. The Kier molecular flexibility index (Phi) is 5.01. The lowest BCUT2D eigenvalue weighted by molar-refractivity contribution is 0.0752. The van der Waals surface area contributed by atoms with Gasteiger partial charge in [-0.25, -0.2) is 0 Å². The van der Waals surface area contributed by atoms with Crippen LogP contribution < -0.4 is 5.32 Å². The molecule has 2 aromatic rings. The second kappa shape index (κ2) is 7.55. The highest BCUT2D eigenvalue weighted by Crippen LogP contribution is 2.18. The normalized spacial score (nSPS) is 13.1. The van der Waals surface area contributed by atoms with Gasteiger partial charge < -0.3 is 10.2 Å². The van der Waals surface area contributed by atoms with E-state index < -0.39 is 0 Å². The van der Waals surface area contributed by atoms with Gasteiger partial charge in [0.1, 0.15) is 0 Å². The van der Waals surface area contributed by atoms with Crippen molar-refractivity contribution in [2.24, 2.45) is 0 Å². The van der Waals surface area contributed by atoms with E-state index in [2.05, 4.69) is 15.3 Å². The minimum Gasteiger partial charge on any atom is -0.387 e. The van der Waals surface area contributed by atoms with Gasteiger partial charge in [-0.2, -0.15) is 0 Å². The van der Waals surface area contributed by atoms with E-state index in [0.29, 0.717) is 18.7 Å². The van der Waals surface area contributed by atoms with Crippen molar-refractivity contribution in [3.05, 3.63) is 78.0 Å². The van der Waals surface area contributed by atoms with Crippen LogP contribution in [0.2, 0.25) is 0 Å². The third kappa shape index (κ3) is 3.68. The Labute approximate surface area is 141 Å². The van der Waals surface area contributed by atoms with Gasteiger partial charge in [-0.05, 0) is 36.3 Å². The van der Waals surface area contributed by atoms with E-state index in [0.717, 1.165) is 23.2 Å². The lowest BCUT2D eigenvalue weighted by Gasteiger charge is -2.21. The summed E-state index contributed by atoms with van der Waals surface area (Å²) in [4.78, 5) is 22.9. The van der Waals surface area contributed by atoms with Crippen molar-refractivity contribution >= 4 is 11.5 Å². The molecule has 1 amide bonds. The lowest BCUT2D eigenvalue weighted by Crippen LogP contribution is -2.30. The van der Waals surface area contributed by atoms with Gasteiger partial charge in [-0.3, -0.25) is 14.8 Å². The van der Waals surface area contributed by atoms with Crippen LogP contribution in [0.1, 0.15) is 28.4 Å². The summed E-state index contributed by atoms with van der Waals surface area (Å²) in [7, 11) is 0. The van der Waals surface area contributed by atoms with Crippen LogP contribution >= 0.6 is 0 Å². The molecule has 0 atom stereocenters. The summed E-state index contributed by atoms with van der Waals surface area (Å²) in [5, 5.41) is 3.17. The van der Waals surface area contributed by atoms with E-state index in [4.69, 9.17) is 0 Å². The van der Waals surface area contributed by atoms with E-state index in [-0.39, 0.29) is 5.91 Å². The van der Waals surface area contributed by atoms with E-state index >= 15 is 0 Å². The number of allylic oxidation sites excluding steroid dienone is 2. The van der Waals surface area contributed by atoms with Crippen LogP contribution in [-0.2, 0) is 6.54 Å². The van der Waals surface area contributed by atoms with Crippen molar-refractivity contribution in [3.63, 3.8) is 0 Å². The molecule has 122 valence electrons. The molecule has 1 aliphatic rings. The quantitative estimate of drug-likeness (QED) is 0.920. The number of pyridine rings is 2. The van der Waals surface area contributed by atoms with Crippen LogP contribution in [0.5, 0.6) is 0 Å².